The van der Waals surface area contributed by atoms with Crippen LogP contribution in [0.4, 0.5) is 13.2 Å². The molecule has 2 aliphatic heterocycles. The molecule has 0 aliphatic carbocycles. The van der Waals surface area contributed by atoms with Crippen molar-refractivity contribution in [2.24, 2.45) is 0 Å². The van der Waals surface area contributed by atoms with Crippen LogP contribution in [-0.2, 0) is 35.3 Å². The van der Waals surface area contributed by atoms with Crippen molar-refractivity contribution in [1.29, 1.82) is 0 Å². The summed E-state index contributed by atoms with van der Waals surface area (Å²) in [5.41, 5.74) is 2.51. The molecule has 0 saturated carbocycles. The summed E-state index contributed by atoms with van der Waals surface area (Å²) in [6.07, 6.45) is -1.39. The molecule has 0 amide bonds. The molecule has 4 aromatic rings. The number of pyridine rings is 1. The first kappa shape index (κ1) is 28.6. The minimum Gasteiger partial charge on any atom is -0.472 e. The van der Waals surface area contributed by atoms with Crippen molar-refractivity contribution < 1.29 is 32.2 Å². The largest absolute Gasteiger partial charge is 0.472 e. The average Bonchev–Trinajstić information content (AvgIpc) is 3.58. The summed E-state index contributed by atoms with van der Waals surface area (Å²) in [4.78, 5) is 24.6. The summed E-state index contributed by atoms with van der Waals surface area (Å²) in [5.74, 6) is 1.23. The third-order valence-corrected chi connectivity index (χ3v) is 8.80. The van der Waals surface area contributed by atoms with Crippen molar-refractivity contribution in [2.75, 3.05) is 26.8 Å². The van der Waals surface area contributed by atoms with Gasteiger partial charge in [0.05, 0.1) is 48.5 Å². The number of halogens is 3. The number of rotatable bonds is 9. The lowest BCUT2D eigenvalue weighted by molar-refractivity contribution is -0.137. The van der Waals surface area contributed by atoms with Crippen molar-refractivity contribution in [1.82, 2.24) is 19.4 Å². The molecule has 8 nitrogen and oxygen atoms in total. The third kappa shape index (κ3) is 6.30. The fraction of sp³-hybridized carbons (Fsp3) is 0.433. The van der Waals surface area contributed by atoms with Crippen LogP contribution in [0.15, 0.2) is 47.8 Å². The van der Waals surface area contributed by atoms with Crippen LogP contribution in [0.5, 0.6) is 5.88 Å². The van der Waals surface area contributed by atoms with Gasteiger partial charge in [-0.25, -0.2) is 14.8 Å². The Labute approximate surface area is 245 Å². The van der Waals surface area contributed by atoms with Crippen molar-refractivity contribution in [3.8, 4) is 5.88 Å². The van der Waals surface area contributed by atoms with Gasteiger partial charge in [-0.05, 0) is 62.7 Å². The molecule has 1 aromatic carbocycles. The van der Waals surface area contributed by atoms with Gasteiger partial charge in [-0.1, -0.05) is 6.07 Å². The Morgan fingerprint density at radius 3 is 2.62 bits per heavy atom. The van der Waals surface area contributed by atoms with E-state index in [9.17, 15) is 18.0 Å². The second kappa shape index (κ2) is 12.0. The van der Waals surface area contributed by atoms with Crippen LogP contribution < -0.4 is 4.74 Å². The average molecular weight is 601 g/mol. The molecule has 0 radical (unpaired) electrons. The lowest BCUT2D eigenvalue weighted by atomic mass is 9.93. The molecule has 3 aromatic heterocycles. The summed E-state index contributed by atoms with van der Waals surface area (Å²) >= 11 is 1.03. The van der Waals surface area contributed by atoms with Crippen molar-refractivity contribution in [2.45, 2.75) is 57.2 Å². The molecule has 0 spiro atoms. The van der Waals surface area contributed by atoms with Gasteiger partial charge in [0.25, 0.3) is 0 Å². The predicted octanol–water partition coefficient (Wildman–Crippen LogP) is 6.05. The number of imidazole rings is 1. The highest BCUT2D eigenvalue weighted by Gasteiger charge is 2.32. The molecular weight excluding hydrogens is 569 g/mol. The summed E-state index contributed by atoms with van der Waals surface area (Å²) in [6, 6.07) is 12.2. The Bertz CT molecular complexity index is 1560. The predicted molar refractivity (Wildman–Crippen MR) is 151 cm³/mol. The second-order valence-corrected chi connectivity index (χ2v) is 11.7. The number of thiophene rings is 1. The van der Waals surface area contributed by atoms with Crippen molar-refractivity contribution in [3.05, 3.63) is 75.4 Å². The Hall–Kier alpha value is -3.48. The molecule has 6 rings (SSSR count). The SMILES string of the molecule is COC(=O)c1ccc2nc(CN3CCC(c4cccc(OCc5cc(C(F)(F)F)cs5)n4)CC3)n(C[C@@H]3CCO3)c2c1. The number of aromatic nitrogens is 3. The lowest BCUT2D eigenvalue weighted by Gasteiger charge is -2.32. The van der Waals surface area contributed by atoms with E-state index < -0.39 is 11.7 Å². The van der Waals surface area contributed by atoms with E-state index >= 15 is 0 Å². The zero-order valence-corrected chi connectivity index (χ0v) is 23.9. The van der Waals surface area contributed by atoms with Crippen LogP contribution in [0.3, 0.4) is 0 Å². The number of carbonyl (C=O) groups is 1. The Morgan fingerprint density at radius 1 is 1.12 bits per heavy atom. The molecule has 2 fully saturated rings. The zero-order chi connectivity index (χ0) is 29.3. The van der Waals surface area contributed by atoms with Gasteiger partial charge in [0.1, 0.15) is 12.4 Å². The molecule has 42 heavy (non-hydrogen) atoms. The molecule has 12 heteroatoms. The lowest BCUT2D eigenvalue weighted by Crippen LogP contribution is -2.35. The van der Waals surface area contributed by atoms with Crippen LogP contribution in [0, 0.1) is 0 Å². The molecule has 222 valence electrons. The van der Waals surface area contributed by atoms with Crippen LogP contribution in [0.1, 0.15) is 57.5 Å². The summed E-state index contributed by atoms with van der Waals surface area (Å²) in [7, 11) is 1.38. The van der Waals surface area contributed by atoms with Crippen LogP contribution >= 0.6 is 11.3 Å². The number of methoxy groups -OCH3 is 1. The Morgan fingerprint density at radius 2 is 1.93 bits per heavy atom. The molecule has 0 bridgehead atoms. The number of piperidine rings is 1. The number of nitrogens with zero attached hydrogens (tertiary/aromatic N) is 4. The van der Waals surface area contributed by atoms with E-state index in [1.807, 2.05) is 24.3 Å². The van der Waals surface area contributed by atoms with Gasteiger partial charge in [-0.15, -0.1) is 11.3 Å². The molecular formula is C30H31F3N4O4S. The van der Waals surface area contributed by atoms with Gasteiger partial charge in [0.15, 0.2) is 0 Å². The summed E-state index contributed by atoms with van der Waals surface area (Å²) in [5, 5.41) is 1.10. The van der Waals surface area contributed by atoms with Gasteiger partial charge in [0, 0.05) is 34.5 Å². The van der Waals surface area contributed by atoms with Gasteiger partial charge in [-0.3, -0.25) is 4.90 Å². The van der Waals surface area contributed by atoms with Gasteiger partial charge in [0.2, 0.25) is 5.88 Å². The minimum absolute atomic E-state index is 0.0453. The van der Waals surface area contributed by atoms with E-state index in [0.717, 1.165) is 84.3 Å². The number of esters is 1. The van der Waals surface area contributed by atoms with Gasteiger partial charge < -0.3 is 18.8 Å². The van der Waals surface area contributed by atoms with E-state index in [-0.39, 0.29) is 24.6 Å². The van der Waals surface area contributed by atoms with E-state index in [2.05, 4.69) is 14.5 Å². The maximum atomic E-state index is 12.9. The number of hydrogen-bond donors (Lipinski definition) is 0. The van der Waals surface area contributed by atoms with Crippen LogP contribution in [-0.4, -0.2) is 58.3 Å². The van der Waals surface area contributed by atoms with E-state index in [0.29, 0.717) is 29.4 Å². The summed E-state index contributed by atoms with van der Waals surface area (Å²) < 4.78 is 57.2. The highest BCUT2D eigenvalue weighted by molar-refractivity contribution is 7.10. The van der Waals surface area contributed by atoms with Crippen molar-refractivity contribution in [3.63, 3.8) is 0 Å². The highest BCUT2D eigenvalue weighted by Crippen LogP contribution is 2.33. The molecule has 2 aliphatic rings. The monoisotopic (exact) mass is 600 g/mol. The first-order valence-electron chi connectivity index (χ1n) is 13.9. The fourth-order valence-corrected chi connectivity index (χ4v) is 6.25. The van der Waals surface area contributed by atoms with Gasteiger partial charge in [-0.2, -0.15) is 13.2 Å². The quantitative estimate of drug-likeness (QED) is 0.217. The minimum atomic E-state index is -4.35. The topological polar surface area (TPSA) is 78.7 Å². The maximum Gasteiger partial charge on any atom is 0.417 e. The molecule has 0 unspecified atom stereocenters. The number of benzene rings is 1. The molecule has 2 saturated heterocycles. The second-order valence-electron chi connectivity index (χ2n) is 10.7. The smallest absolute Gasteiger partial charge is 0.417 e. The van der Waals surface area contributed by atoms with Crippen LogP contribution in [0.25, 0.3) is 11.0 Å². The highest BCUT2D eigenvalue weighted by atomic mass is 32.1. The Balaban J connectivity index is 1.09. The molecule has 0 N–H and O–H groups in total. The maximum absolute atomic E-state index is 12.9. The number of likely N-dealkylation sites (tertiary alicyclic amines) is 1. The standard InChI is InChI=1S/C30H31F3N4O4S/c1-39-29(38)20-5-6-25-26(13-20)37(15-22-9-12-40-22)27(34-25)16-36-10-7-19(8-11-36)24-3-2-4-28(35-24)41-17-23-14-21(18-42-23)30(31,32)33/h2-6,13-14,18-19,22H,7-12,15-17H2,1H3/t22-/m0/s1. The number of ether oxygens (including phenoxy) is 3. The van der Waals surface area contributed by atoms with E-state index in [1.165, 1.54) is 7.11 Å². The first-order chi connectivity index (χ1) is 20.3. The number of alkyl halides is 3. The normalized spacial score (nSPS) is 18.2. The third-order valence-electron chi connectivity index (χ3n) is 7.89. The molecule has 1 atom stereocenters. The van der Waals surface area contributed by atoms with Crippen LogP contribution in [0.2, 0.25) is 0 Å². The number of hydrogen-bond acceptors (Lipinski definition) is 8. The Kier molecular flexibility index (Phi) is 8.19. The fourth-order valence-electron chi connectivity index (χ4n) is 5.45. The number of carbonyl (C=O) groups excluding carboxylic acids is 1. The zero-order valence-electron chi connectivity index (χ0n) is 23.1. The number of fused-ring (bicyclic) bond motifs is 1. The molecule has 5 heterocycles. The van der Waals surface area contributed by atoms with E-state index in [4.69, 9.17) is 19.2 Å². The van der Waals surface area contributed by atoms with Gasteiger partial charge >= 0.3 is 12.1 Å². The van der Waals surface area contributed by atoms with E-state index in [1.54, 1.807) is 12.1 Å². The first-order valence-corrected chi connectivity index (χ1v) is 14.8. The summed E-state index contributed by atoms with van der Waals surface area (Å²) in [6.45, 7) is 3.91. The van der Waals surface area contributed by atoms with Crippen molar-refractivity contribution >= 4 is 28.3 Å².